The fraction of sp³-hybridized carbons (Fsp3) is 0.240. The minimum atomic E-state index is -3.21. The van der Waals surface area contributed by atoms with Crippen LogP contribution < -0.4 is 10.6 Å². The lowest BCUT2D eigenvalue weighted by molar-refractivity contribution is 0.588. The molecule has 0 saturated carbocycles. The molecule has 0 fully saturated rings. The molecule has 144 valence electrons. The number of aryl methyl sites for hydroxylation is 6. The van der Waals surface area contributed by atoms with E-state index in [1.807, 2.05) is 58.0 Å². The second-order valence-corrected chi connectivity index (χ2v) is 10.0. The van der Waals surface area contributed by atoms with Gasteiger partial charge in [-0.25, -0.2) is 4.76 Å². The summed E-state index contributed by atoms with van der Waals surface area (Å²) in [6.07, 6.45) is 1.76. The van der Waals surface area contributed by atoms with E-state index in [9.17, 15) is 4.57 Å². The van der Waals surface area contributed by atoms with E-state index >= 15 is 0 Å². The molecule has 0 saturated heterocycles. The maximum Gasteiger partial charge on any atom is 0.248 e. The van der Waals surface area contributed by atoms with Crippen LogP contribution in [0.5, 0.6) is 0 Å². The third-order valence-corrected chi connectivity index (χ3v) is 8.11. The molecule has 0 radical (unpaired) electrons. The first kappa shape index (κ1) is 20.3. The van der Waals surface area contributed by atoms with Crippen molar-refractivity contribution in [3.05, 3.63) is 93.5 Å². The maximum atomic E-state index is 14.7. The summed E-state index contributed by atoms with van der Waals surface area (Å²) in [5, 5.41) is 1.72. The van der Waals surface area contributed by atoms with Gasteiger partial charge in [0.15, 0.2) is 0 Å². The molecule has 0 aliphatic carbocycles. The standard InChI is InChI=1S/C25H28NOP/c1-17-12-19(3)24(20(4)13-17)28(27,26-16-23-10-8-7-9-11-23)25-21(5)14-18(2)15-22(25)6/h7-16H,1-6H3/b26-16+. The Morgan fingerprint density at radius 1 is 0.679 bits per heavy atom. The van der Waals surface area contributed by atoms with Crippen molar-refractivity contribution in [2.24, 2.45) is 4.76 Å². The van der Waals surface area contributed by atoms with Crippen LogP contribution in [0.25, 0.3) is 0 Å². The van der Waals surface area contributed by atoms with Crippen LogP contribution in [0.3, 0.4) is 0 Å². The minimum Gasteiger partial charge on any atom is -0.288 e. The summed E-state index contributed by atoms with van der Waals surface area (Å²) in [5.41, 5.74) is 7.43. The van der Waals surface area contributed by atoms with Crippen LogP contribution in [-0.4, -0.2) is 6.21 Å². The van der Waals surface area contributed by atoms with Gasteiger partial charge in [-0.2, -0.15) is 0 Å². The molecule has 28 heavy (non-hydrogen) atoms. The lowest BCUT2D eigenvalue weighted by Gasteiger charge is -2.23. The van der Waals surface area contributed by atoms with Gasteiger partial charge in [0.25, 0.3) is 0 Å². The molecule has 3 heteroatoms. The van der Waals surface area contributed by atoms with E-state index in [1.54, 1.807) is 6.21 Å². The summed E-state index contributed by atoms with van der Waals surface area (Å²) in [7, 11) is -3.21. The first-order chi connectivity index (χ1) is 13.2. The third-order valence-electron chi connectivity index (χ3n) is 5.05. The Labute approximate surface area is 168 Å². The Hall–Kier alpha value is -2.44. The quantitative estimate of drug-likeness (QED) is 0.404. The first-order valence-electron chi connectivity index (χ1n) is 9.60. The lowest BCUT2D eigenvalue weighted by Crippen LogP contribution is -2.24. The number of nitrogens with zero attached hydrogens (tertiary/aromatic N) is 1. The fourth-order valence-electron chi connectivity index (χ4n) is 4.22. The maximum absolute atomic E-state index is 14.7. The van der Waals surface area contributed by atoms with Crippen molar-refractivity contribution in [3.8, 4) is 0 Å². The zero-order valence-corrected chi connectivity index (χ0v) is 18.5. The van der Waals surface area contributed by atoms with Gasteiger partial charge in [-0.1, -0.05) is 65.7 Å². The number of hydrogen-bond acceptors (Lipinski definition) is 1. The van der Waals surface area contributed by atoms with Crippen LogP contribution in [0.2, 0.25) is 0 Å². The summed E-state index contributed by atoms with van der Waals surface area (Å²) in [6.45, 7) is 12.3. The normalized spacial score (nSPS) is 11.9. The van der Waals surface area contributed by atoms with Crippen molar-refractivity contribution in [3.63, 3.8) is 0 Å². The van der Waals surface area contributed by atoms with Gasteiger partial charge in [-0.3, -0.25) is 4.57 Å². The zero-order valence-electron chi connectivity index (χ0n) is 17.6. The van der Waals surface area contributed by atoms with E-state index in [4.69, 9.17) is 4.76 Å². The average molecular weight is 389 g/mol. The van der Waals surface area contributed by atoms with Crippen LogP contribution in [0.4, 0.5) is 0 Å². The van der Waals surface area contributed by atoms with Gasteiger partial charge in [-0.05, 0) is 69.4 Å². The SMILES string of the molecule is Cc1cc(C)c(P(=O)(/N=C/c2ccccc2)c2c(C)cc(C)cc2C)c(C)c1. The molecule has 3 aromatic rings. The highest BCUT2D eigenvalue weighted by Crippen LogP contribution is 2.49. The first-order valence-corrected chi connectivity index (χ1v) is 11.3. The van der Waals surface area contributed by atoms with Gasteiger partial charge < -0.3 is 0 Å². The van der Waals surface area contributed by atoms with E-state index in [0.29, 0.717) is 0 Å². The van der Waals surface area contributed by atoms with Crippen molar-refractivity contribution < 1.29 is 4.57 Å². The predicted octanol–water partition coefficient (Wildman–Crippen LogP) is 5.89. The van der Waals surface area contributed by atoms with Crippen LogP contribution >= 0.6 is 7.29 Å². The number of hydrogen-bond donors (Lipinski definition) is 0. The van der Waals surface area contributed by atoms with Gasteiger partial charge in [0.2, 0.25) is 7.29 Å². The Morgan fingerprint density at radius 2 is 1.07 bits per heavy atom. The fourth-order valence-corrected chi connectivity index (χ4v) is 7.14. The van der Waals surface area contributed by atoms with E-state index in [0.717, 1.165) is 38.4 Å². The summed E-state index contributed by atoms with van der Waals surface area (Å²) < 4.78 is 19.5. The topological polar surface area (TPSA) is 29.4 Å². The molecule has 0 spiro atoms. The van der Waals surface area contributed by atoms with Crippen LogP contribution in [-0.2, 0) is 4.57 Å². The number of benzene rings is 3. The van der Waals surface area contributed by atoms with Crippen molar-refractivity contribution in [2.45, 2.75) is 41.5 Å². The molecule has 0 unspecified atom stereocenters. The Bertz CT molecular complexity index is 989. The van der Waals surface area contributed by atoms with E-state index < -0.39 is 7.29 Å². The molecular formula is C25H28NOP. The van der Waals surface area contributed by atoms with Crippen molar-refractivity contribution in [1.29, 1.82) is 0 Å². The van der Waals surface area contributed by atoms with Crippen LogP contribution in [0.15, 0.2) is 59.4 Å². The monoisotopic (exact) mass is 389 g/mol. The van der Waals surface area contributed by atoms with E-state index in [2.05, 4.69) is 38.1 Å². The molecule has 0 bridgehead atoms. The van der Waals surface area contributed by atoms with Gasteiger partial charge in [-0.15, -0.1) is 0 Å². The molecule has 0 aliphatic rings. The average Bonchev–Trinajstić information content (AvgIpc) is 2.59. The van der Waals surface area contributed by atoms with Gasteiger partial charge in [0.1, 0.15) is 0 Å². The summed E-state index contributed by atoms with van der Waals surface area (Å²) in [4.78, 5) is 0. The van der Waals surface area contributed by atoms with Gasteiger partial charge in [0, 0.05) is 16.8 Å². The second-order valence-electron chi connectivity index (χ2n) is 7.73. The van der Waals surface area contributed by atoms with Gasteiger partial charge >= 0.3 is 0 Å². The largest absolute Gasteiger partial charge is 0.288 e. The van der Waals surface area contributed by atoms with Crippen LogP contribution in [0, 0.1) is 41.5 Å². The minimum absolute atomic E-state index is 0.861. The molecule has 3 aromatic carbocycles. The molecule has 0 amide bonds. The summed E-state index contributed by atoms with van der Waals surface area (Å²) in [6, 6.07) is 18.3. The Morgan fingerprint density at radius 3 is 1.46 bits per heavy atom. The Balaban J connectivity index is 2.33. The van der Waals surface area contributed by atoms with E-state index in [1.165, 1.54) is 11.1 Å². The highest BCUT2D eigenvalue weighted by atomic mass is 31.2. The highest BCUT2D eigenvalue weighted by Gasteiger charge is 2.33. The van der Waals surface area contributed by atoms with Crippen molar-refractivity contribution >= 4 is 24.1 Å². The molecule has 0 atom stereocenters. The summed E-state index contributed by atoms with van der Waals surface area (Å²) in [5.74, 6) is 0. The van der Waals surface area contributed by atoms with Crippen LogP contribution in [0.1, 0.15) is 38.9 Å². The highest BCUT2D eigenvalue weighted by molar-refractivity contribution is 7.78. The molecular weight excluding hydrogens is 361 g/mol. The summed E-state index contributed by atoms with van der Waals surface area (Å²) >= 11 is 0. The predicted molar refractivity (Wildman–Crippen MR) is 122 cm³/mol. The van der Waals surface area contributed by atoms with E-state index in [-0.39, 0.29) is 0 Å². The zero-order chi connectivity index (χ0) is 20.5. The van der Waals surface area contributed by atoms with Crippen molar-refractivity contribution in [1.82, 2.24) is 0 Å². The third kappa shape index (κ3) is 3.88. The molecule has 0 aromatic heterocycles. The molecule has 0 N–H and O–H groups in total. The molecule has 3 rings (SSSR count). The lowest BCUT2D eigenvalue weighted by atomic mass is 10.1. The second kappa shape index (κ2) is 7.89. The van der Waals surface area contributed by atoms with Crippen molar-refractivity contribution in [2.75, 3.05) is 0 Å². The smallest absolute Gasteiger partial charge is 0.248 e. The molecule has 0 aliphatic heterocycles. The van der Waals surface area contributed by atoms with Gasteiger partial charge in [0.05, 0.1) is 0 Å². The molecule has 0 heterocycles. The number of rotatable bonds is 4. The molecule has 2 nitrogen and oxygen atoms in total. The Kier molecular flexibility index (Phi) is 5.72.